The molecule has 0 saturated carbocycles. The molecule has 6 nitrogen and oxygen atoms in total. The van der Waals surface area contributed by atoms with Gasteiger partial charge in [0.25, 0.3) is 5.91 Å². The summed E-state index contributed by atoms with van der Waals surface area (Å²) >= 11 is 12.3. The van der Waals surface area contributed by atoms with Crippen LogP contribution >= 0.6 is 23.2 Å². The summed E-state index contributed by atoms with van der Waals surface area (Å²) < 4.78 is 11.0. The van der Waals surface area contributed by atoms with Gasteiger partial charge in [0.2, 0.25) is 0 Å². The molecule has 2 aromatic carbocycles. The molecule has 0 aliphatic carbocycles. The lowest BCUT2D eigenvalue weighted by Gasteiger charge is -2.09. The highest BCUT2D eigenvalue weighted by Gasteiger charge is 2.19. The van der Waals surface area contributed by atoms with Gasteiger partial charge in [-0.05, 0) is 32.0 Å². The Bertz CT molecular complexity index is 1040. The third-order valence-corrected chi connectivity index (χ3v) is 4.99. The third-order valence-electron chi connectivity index (χ3n) is 4.36. The predicted octanol–water partition coefficient (Wildman–Crippen LogP) is 5.59. The fourth-order valence-electron chi connectivity index (χ4n) is 3.04. The zero-order chi connectivity index (χ0) is 21.0. The molecule has 0 spiro atoms. The Balaban J connectivity index is 1.84. The molecule has 3 aromatic rings. The van der Waals surface area contributed by atoms with E-state index < -0.39 is 12.0 Å². The molecule has 0 fully saturated rings. The molecule has 0 aliphatic heterocycles. The summed E-state index contributed by atoms with van der Waals surface area (Å²) in [5.74, 6) is 0.264. The van der Waals surface area contributed by atoms with Crippen molar-refractivity contribution in [3.05, 3.63) is 63.3 Å². The number of rotatable bonds is 6. The third kappa shape index (κ3) is 4.66. The van der Waals surface area contributed by atoms with Crippen LogP contribution in [0.4, 0.5) is 10.5 Å². The van der Waals surface area contributed by atoms with Gasteiger partial charge in [-0.3, -0.25) is 4.79 Å². The van der Waals surface area contributed by atoms with Gasteiger partial charge in [0.05, 0.1) is 27.9 Å². The topological polar surface area (TPSA) is 80.6 Å². The number of ether oxygens (including phenoxy) is 1. The molecule has 1 heterocycles. The Morgan fingerprint density at radius 3 is 2.48 bits per heavy atom. The first-order valence-corrected chi connectivity index (χ1v) is 9.85. The molecule has 0 saturated heterocycles. The van der Waals surface area contributed by atoms with Crippen LogP contribution < -0.4 is 10.6 Å². The summed E-state index contributed by atoms with van der Waals surface area (Å²) in [4.78, 5) is 24.2. The lowest BCUT2D eigenvalue weighted by atomic mass is 10.1. The zero-order valence-corrected chi connectivity index (χ0v) is 17.5. The molecular formula is C21H20Cl2N2O4. The van der Waals surface area contributed by atoms with Crippen LogP contribution in [-0.4, -0.2) is 25.2 Å². The van der Waals surface area contributed by atoms with E-state index in [1.807, 2.05) is 26.0 Å². The van der Waals surface area contributed by atoms with Gasteiger partial charge in [-0.2, -0.15) is 0 Å². The maximum Gasteiger partial charge on any atom is 0.407 e. The van der Waals surface area contributed by atoms with E-state index >= 15 is 0 Å². The summed E-state index contributed by atoms with van der Waals surface area (Å²) in [5.41, 5.74) is 2.15. The lowest BCUT2D eigenvalue weighted by molar-refractivity contribution is 0.102. The number of fused-ring (bicyclic) bond motifs is 1. The Morgan fingerprint density at radius 2 is 1.79 bits per heavy atom. The van der Waals surface area contributed by atoms with E-state index in [2.05, 4.69) is 10.6 Å². The van der Waals surface area contributed by atoms with Gasteiger partial charge in [0, 0.05) is 23.9 Å². The minimum absolute atomic E-state index is 0.201. The molecule has 0 aliphatic rings. The van der Waals surface area contributed by atoms with E-state index in [4.69, 9.17) is 32.4 Å². The molecule has 29 heavy (non-hydrogen) atoms. The maximum absolute atomic E-state index is 12.7. The first-order chi connectivity index (χ1) is 13.9. The highest BCUT2D eigenvalue weighted by molar-refractivity contribution is 6.40. The summed E-state index contributed by atoms with van der Waals surface area (Å²) in [6.07, 6.45) is 0.0338. The molecule has 152 valence electrons. The molecule has 0 bridgehead atoms. The number of anilines is 1. The standard InChI is InChI=1S/C21H20Cl2N2O4/c1-3-24-21(27)28-11-10-13-12(2)29-19-14(13)6-4-9-17(19)25-20(26)18-15(22)7-5-8-16(18)23/h4-9H,3,10-11H2,1-2H3,(H,24,27)(H,25,26). The fourth-order valence-corrected chi connectivity index (χ4v) is 3.61. The van der Waals surface area contributed by atoms with Crippen LogP contribution in [0, 0.1) is 6.92 Å². The van der Waals surface area contributed by atoms with E-state index in [9.17, 15) is 9.59 Å². The molecule has 0 radical (unpaired) electrons. The molecule has 2 amide bonds. The van der Waals surface area contributed by atoms with Crippen molar-refractivity contribution in [2.75, 3.05) is 18.5 Å². The number of halogens is 2. The molecule has 8 heteroatoms. The van der Waals surface area contributed by atoms with E-state index in [0.29, 0.717) is 30.0 Å². The van der Waals surface area contributed by atoms with Crippen molar-refractivity contribution in [1.29, 1.82) is 0 Å². The van der Waals surface area contributed by atoms with Crippen molar-refractivity contribution < 1.29 is 18.7 Å². The smallest absolute Gasteiger partial charge is 0.407 e. The average molecular weight is 435 g/mol. The van der Waals surface area contributed by atoms with Crippen LogP contribution in [0.3, 0.4) is 0 Å². The van der Waals surface area contributed by atoms with Gasteiger partial charge in [0.15, 0.2) is 5.58 Å². The van der Waals surface area contributed by atoms with Gasteiger partial charge < -0.3 is 19.8 Å². The number of nitrogens with one attached hydrogen (secondary N) is 2. The maximum atomic E-state index is 12.7. The zero-order valence-electron chi connectivity index (χ0n) is 16.0. The molecule has 1 aromatic heterocycles. The fraction of sp³-hybridized carbons (Fsp3) is 0.238. The number of benzene rings is 2. The second kappa shape index (κ2) is 9.20. The minimum Gasteiger partial charge on any atom is -0.459 e. The van der Waals surface area contributed by atoms with Crippen molar-refractivity contribution in [3.63, 3.8) is 0 Å². The second-order valence-electron chi connectivity index (χ2n) is 6.29. The largest absolute Gasteiger partial charge is 0.459 e. The van der Waals surface area contributed by atoms with Crippen LogP contribution in [-0.2, 0) is 11.2 Å². The number of carbonyl (C=O) groups is 2. The minimum atomic E-state index is -0.456. The van der Waals surface area contributed by atoms with E-state index in [1.54, 1.807) is 24.3 Å². The van der Waals surface area contributed by atoms with Gasteiger partial charge in [-0.25, -0.2) is 4.79 Å². The van der Waals surface area contributed by atoms with Crippen molar-refractivity contribution in [3.8, 4) is 0 Å². The second-order valence-corrected chi connectivity index (χ2v) is 7.10. The van der Waals surface area contributed by atoms with Crippen LogP contribution in [0.1, 0.15) is 28.6 Å². The molecule has 3 rings (SSSR count). The van der Waals surface area contributed by atoms with Crippen molar-refractivity contribution in [2.45, 2.75) is 20.3 Å². The average Bonchev–Trinajstić information content (AvgIpc) is 2.98. The van der Waals surface area contributed by atoms with E-state index in [1.165, 1.54) is 0 Å². The number of hydrogen-bond acceptors (Lipinski definition) is 4. The number of furan rings is 1. The number of para-hydroxylation sites is 1. The Kier molecular flexibility index (Phi) is 6.67. The Labute approximate surface area is 178 Å². The first kappa shape index (κ1) is 21.0. The summed E-state index contributed by atoms with van der Waals surface area (Å²) in [6.45, 7) is 4.37. The van der Waals surface area contributed by atoms with Crippen LogP contribution in [0.2, 0.25) is 10.0 Å². The normalized spacial score (nSPS) is 10.8. The van der Waals surface area contributed by atoms with Crippen LogP contribution in [0.15, 0.2) is 40.8 Å². The molecule has 2 N–H and O–H groups in total. The van der Waals surface area contributed by atoms with Gasteiger partial charge in [0.1, 0.15) is 5.76 Å². The summed E-state index contributed by atoms with van der Waals surface area (Å²) in [6, 6.07) is 10.3. The Morgan fingerprint density at radius 1 is 1.10 bits per heavy atom. The highest BCUT2D eigenvalue weighted by atomic mass is 35.5. The molecule has 0 atom stereocenters. The van der Waals surface area contributed by atoms with Gasteiger partial charge in [-0.15, -0.1) is 0 Å². The number of hydrogen-bond donors (Lipinski definition) is 2. The first-order valence-electron chi connectivity index (χ1n) is 9.09. The quantitative estimate of drug-likeness (QED) is 0.529. The predicted molar refractivity (Wildman–Crippen MR) is 114 cm³/mol. The Hall–Kier alpha value is -2.70. The SMILES string of the molecule is CCNC(=O)OCCc1c(C)oc2c(NC(=O)c3c(Cl)cccc3Cl)cccc12. The summed E-state index contributed by atoms with van der Waals surface area (Å²) in [5, 5.41) is 6.76. The van der Waals surface area contributed by atoms with E-state index in [0.717, 1.165) is 10.9 Å². The van der Waals surface area contributed by atoms with E-state index in [-0.39, 0.29) is 22.2 Å². The number of carbonyl (C=O) groups excluding carboxylic acids is 2. The van der Waals surface area contributed by atoms with Crippen LogP contribution in [0.25, 0.3) is 11.0 Å². The monoisotopic (exact) mass is 434 g/mol. The number of alkyl carbamates (subject to hydrolysis) is 1. The molecule has 0 unspecified atom stereocenters. The summed E-state index contributed by atoms with van der Waals surface area (Å²) in [7, 11) is 0. The van der Waals surface area contributed by atoms with Crippen molar-refractivity contribution >= 4 is 51.9 Å². The molecular weight excluding hydrogens is 415 g/mol. The lowest BCUT2D eigenvalue weighted by Crippen LogP contribution is -2.24. The van der Waals surface area contributed by atoms with Crippen molar-refractivity contribution in [1.82, 2.24) is 5.32 Å². The highest BCUT2D eigenvalue weighted by Crippen LogP contribution is 2.33. The van der Waals surface area contributed by atoms with Crippen molar-refractivity contribution in [2.24, 2.45) is 0 Å². The van der Waals surface area contributed by atoms with Gasteiger partial charge in [-0.1, -0.05) is 41.4 Å². The number of amides is 2. The van der Waals surface area contributed by atoms with Gasteiger partial charge >= 0.3 is 6.09 Å². The number of aryl methyl sites for hydroxylation is 1. The van der Waals surface area contributed by atoms with Crippen LogP contribution in [0.5, 0.6) is 0 Å².